The molecule has 0 radical (unpaired) electrons. The number of hydrogen-bond acceptors (Lipinski definition) is 5. The van der Waals surface area contributed by atoms with Gasteiger partial charge in [0.05, 0.1) is 0 Å². The van der Waals surface area contributed by atoms with Gasteiger partial charge in [0.15, 0.2) is 0 Å². The van der Waals surface area contributed by atoms with E-state index in [1.165, 1.54) is 0 Å². The van der Waals surface area contributed by atoms with Gasteiger partial charge in [0.2, 0.25) is 0 Å². The van der Waals surface area contributed by atoms with Crippen LogP contribution in [0, 0.1) is 0 Å². The second-order valence-corrected chi connectivity index (χ2v) is 6.39. The molecule has 1 aromatic carbocycles. The topological polar surface area (TPSA) is 62.8 Å². The summed E-state index contributed by atoms with van der Waals surface area (Å²) >= 11 is 0. The number of likely N-dealkylation sites (N-methyl/N-ethyl adjacent to an activating group) is 1. The van der Waals surface area contributed by atoms with Crippen LogP contribution in [0.2, 0.25) is 0 Å². The molecular formula is C18H31Cl2N3O3. The molecule has 1 amide bonds. The Labute approximate surface area is 168 Å². The number of amides is 1. The van der Waals surface area contributed by atoms with Crippen molar-refractivity contribution >= 4 is 30.7 Å². The zero-order valence-electron chi connectivity index (χ0n) is 15.7. The predicted molar refractivity (Wildman–Crippen MR) is 109 cm³/mol. The first kappa shape index (κ1) is 24.9. The highest BCUT2D eigenvalue weighted by Crippen LogP contribution is 2.23. The van der Waals surface area contributed by atoms with Crippen molar-refractivity contribution in [2.75, 3.05) is 47.4 Å². The molecule has 2 N–H and O–H groups in total. The van der Waals surface area contributed by atoms with Crippen LogP contribution in [-0.4, -0.2) is 63.9 Å². The summed E-state index contributed by atoms with van der Waals surface area (Å²) in [6.07, 6.45) is 1.38. The van der Waals surface area contributed by atoms with Crippen LogP contribution >= 0.6 is 24.8 Å². The molecule has 0 atom stereocenters. The van der Waals surface area contributed by atoms with E-state index in [0.717, 1.165) is 30.9 Å². The number of methoxy groups -OCH3 is 1. The molecular weight excluding hydrogens is 377 g/mol. The molecule has 0 bridgehead atoms. The Bertz CT molecular complexity index is 538. The minimum Gasteiger partial charge on any atom is -0.492 e. The molecule has 6 nitrogen and oxygen atoms in total. The normalized spacial score (nSPS) is 15.5. The minimum atomic E-state index is -0.716. The quantitative estimate of drug-likeness (QED) is 0.688. The molecule has 0 unspecified atom stereocenters. The van der Waals surface area contributed by atoms with Crippen LogP contribution in [0.15, 0.2) is 24.3 Å². The largest absolute Gasteiger partial charge is 0.492 e. The van der Waals surface area contributed by atoms with Gasteiger partial charge in [-0.15, -0.1) is 24.8 Å². The smallest absolute Gasteiger partial charge is 0.252 e. The molecule has 1 aliphatic heterocycles. The summed E-state index contributed by atoms with van der Waals surface area (Å²) < 4.78 is 11.4. The van der Waals surface area contributed by atoms with Crippen LogP contribution in [-0.2, 0) is 16.1 Å². The van der Waals surface area contributed by atoms with E-state index in [2.05, 4.69) is 15.5 Å². The van der Waals surface area contributed by atoms with Crippen molar-refractivity contribution in [1.29, 1.82) is 0 Å². The van der Waals surface area contributed by atoms with Crippen LogP contribution in [0.1, 0.15) is 18.4 Å². The summed E-state index contributed by atoms with van der Waals surface area (Å²) in [5.74, 6) is 0.769. The number of piperidine rings is 1. The zero-order valence-corrected chi connectivity index (χ0v) is 17.4. The fourth-order valence-corrected chi connectivity index (χ4v) is 2.82. The van der Waals surface area contributed by atoms with Crippen molar-refractivity contribution in [3.05, 3.63) is 29.8 Å². The van der Waals surface area contributed by atoms with E-state index in [4.69, 9.17) is 9.47 Å². The van der Waals surface area contributed by atoms with Crippen molar-refractivity contribution in [3.8, 4) is 5.75 Å². The third-order valence-corrected chi connectivity index (χ3v) is 4.42. The van der Waals surface area contributed by atoms with Gasteiger partial charge in [0, 0.05) is 25.8 Å². The van der Waals surface area contributed by atoms with Gasteiger partial charge in [-0.3, -0.25) is 4.79 Å². The number of benzene rings is 1. The Hall–Kier alpha value is -1.05. The van der Waals surface area contributed by atoms with Crippen LogP contribution in [0.3, 0.4) is 0 Å². The number of nitrogens with zero attached hydrogens (tertiary/aromatic N) is 1. The van der Waals surface area contributed by atoms with Crippen molar-refractivity contribution in [2.24, 2.45) is 0 Å². The average Bonchev–Trinajstić information content (AvgIpc) is 2.61. The second-order valence-electron chi connectivity index (χ2n) is 6.39. The van der Waals surface area contributed by atoms with Gasteiger partial charge in [-0.05, 0) is 46.1 Å². The van der Waals surface area contributed by atoms with Gasteiger partial charge in [-0.2, -0.15) is 0 Å². The van der Waals surface area contributed by atoms with E-state index >= 15 is 0 Å². The Balaban J connectivity index is 0.00000312. The van der Waals surface area contributed by atoms with E-state index in [-0.39, 0.29) is 30.7 Å². The lowest BCUT2D eigenvalue weighted by atomic mass is 9.91. The van der Waals surface area contributed by atoms with Crippen LogP contribution < -0.4 is 15.4 Å². The second kappa shape index (κ2) is 12.4. The van der Waals surface area contributed by atoms with E-state index in [0.29, 0.717) is 26.0 Å². The fourth-order valence-electron chi connectivity index (χ4n) is 2.82. The van der Waals surface area contributed by atoms with Crippen molar-refractivity contribution in [3.63, 3.8) is 0 Å². The predicted octanol–water partition coefficient (Wildman–Crippen LogP) is 1.86. The number of rotatable bonds is 8. The molecule has 0 saturated carbocycles. The highest BCUT2D eigenvalue weighted by Gasteiger charge is 2.39. The van der Waals surface area contributed by atoms with Gasteiger partial charge in [-0.1, -0.05) is 18.2 Å². The molecule has 26 heavy (non-hydrogen) atoms. The number of para-hydroxylation sites is 1. The van der Waals surface area contributed by atoms with E-state index in [1.807, 2.05) is 38.4 Å². The van der Waals surface area contributed by atoms with Crippen LogP contribution in [0.5, 0.6) is 5.75 Å². The highest BCUT2D eigenvalue weighted by atomic mass is 35.5. The minimum absolute atomic E-state index is 0. The first-order chi connectivity index (χ1) is 11.6. The third kappa shape index (κ3) is 6.93. The zero-order chi connectivity index (χ0) is 17.4. The Kier molecular flexibility index (Phi) is 11.9. The first-order valence-corrected chi connectivity index (χ1v) is 8.47. The summed E-state index contributed by atoms with van der Waals surface area (Å²) in [4.78, 5) is 14.7. The monoisotopic (exact) mass is 407 g/mol. The molecule has 8 heteroatoms. The number of hydrogen-bond donors (Lipinski definition) is 2. The molecule has 0 aromatic heterocycles. The number of ether oxygens (including phenoxy) is 2. The lowest BCUT2D eigenvalue weighted by Crippen LogP contribution is -2.53. The molecule has 1 fully saturated rings. The lowest BCUT2D eigenvalue weighted by molar-refractivity contribution is -0.146. The molecule has 1 heterocycles. The average molecular weight is 408 g/mol. The standard InChI is InChI=1S/C18H29N3O3.2ClH/c1-21(2)12-13-24-16-7-5-4-6-15(16)14-20-17(22)18(23-3)8-10-19-11-9-18;;/h4-7,19H,8-14H2,1-3H3,(H,20,22);2*1H. The van der Waals surface area contributed by atoms with E-state index in [1.54, 1.807) is 7.11 Å². The van der Waals surface area contributed by atoms with Crippen molar-refractivity contribution < 1.29 is 14.3 Å². The molecule has 1 saturated heterocycles. The Morgan fingerprint density at radius 2 is 1.88 bits per heavy atom. The maximum Gasteiger partial charge on any atom is 0.252 e. The molecule has 1 aliphatic rings. The first-order valence-electron chi connectivity index (χ1n) is 8.47. The third-order valence-electron chi connectivity index (χ3n) is 4.42. The molecule has 0 spiro atoms. The van der Waals surface area contributed by atoms with Gasteiger partial charge in [0.1, 0.15) is 18.0 Å². The van der Waals surface area contributed by atoms with Crippen LogP contribution in [0.4, 0.5) is 0 Å². The summed E-state index contributed by atoms with van der Waals surface area (Å²) in [5.41, 5.74) is 0.260. The number of halogens is 2. The number of carbonyl (C=O) groups is 1. The summed E-state index contributed by atoms with van der Waals surface area (Å²) in [5, 5.41) is 6.28. The Morgan fingerprint density at radius 1 is 1.23 bits per heavy atom. The van der Waals surface area contributed by atoms with Gasteiger partial charge >= 0.3 is 0 Å². The fraction of sp³-hybridized carbons (Fsp3) is 0.611. The summed E-state index contributed by atoms with van der Waals surface area (Å²) in [6.45, 7) is 3.50. The van der Waals surface area contributed by atoms with E-state index in [9.17, 15) is 4.79 Å². The molecule has 1 aromatic rings. The number of nitrogens with one attached hydrogen (secondary N) is 2. The molecule has 2 rings (SSSR count). The maximum absolute atomic E-state index is 12.6. The van der Waals surface area contributed by atoms with Crippen molar-refractivity contribution in [2.45, 2.75) is 25.0 Å². The summed E-state index contributed by atoms with van der Waals surface area (Å²) in [7, 11) is 5.64. The molecule has 0 aliphatic carbocycles. The Morgan fingerprint density at radius 3 is 2.50 bits per heavy atom. The van der Waals surface area contributed by atoms with E-state index < -0.39 is 5.60 Å². The lowest BCUT2D eigenvalue weighted by Gasteiger charge is -2.34. The van der Waals surface area contributed by atoms with Crippen molar-refractivity contribution in [1.82, 2.24) is 15.5 Å². The maximum atomic E-state index is 12.6. The van der Waals surface area contributed by atoms with Gasteiger partial charge in [-0.25, -0.2) is 0 Å². The van der Waals surface area contributed by atoms with Gasteiger partial charge in [0.25, 0.3) is 5.91 Å². The van der Waals surface area contributed by atoms with Crippen LogP contribution in [0.25, 0.3) is 0 Å². The molecule has 150 valence electrons. The highest BCUT2D eigenvalue weighted by molar-refractivity contribution is 5.86. The SMILES string of the molecule is COC1(C(=O)NCc2ccccc2OCCN(C)C)CCNCC1.Cl.Cl. The van der Waals surface area contributed by atoms with Gasteiger partial charge < -0.3 is 25.0 Å². The number of carbonyl (C=O) groups excluding carboxylic acids is 1. The summed E-state index contributed by atoms with van der Waals surface area (Å²) in [6, 6.07) is 7.82.